The minimum absolute atomic E-state index is 1.08. The molecule has 0 unspecified atom stereocenters. The molecule has 0 saturated heterocycles. The van der Waals surface area contributed by atoms with E-state index in [2.05, 4.69) is 101 Å². The summed E-state index contributed by atoms with van der Waals surface area (Å²) in [5.74, 6) is 0. The van der Waals surface area contributed by atoms with Gasteiger partial charge >= 0.3 is 174 Å². The molecule has 0 aliphatic heterocycles. The molecule has 2 radical (unpaired) electrons. The molecule has 5 rings (SSSR count). The first kappa shape index (κ1) is 16.7. The van der Waals surface area contributed by atoms with Crippen molar-refractivity contribution in [2.75, 3.05) is 0 Å². The van der Waals surface area contributed by atoms with Gasteiger partial charge in [-0.1, -0.05) is 0 Å². The van der Waals surface area contributed by atoms with E-state index in [1.165, 1.54) is 63.3 Å². The second-order valence-corrected chi connectivity index (χ2v) is 8.56. The SMILES string of the molecule is Cc1cc(-c2ccc3c(c2)c2ccccc2n3-c2ccccc2)c[c]([Bi])n1. The molecule has 0 spiro atoms. The van der Waals surface area contributed by atoms with E-state index in [0.29, 0.717) is 0 Å². The van der Waals surface area contributed by atoms with Crippen LogP contribution in [0.2, 0.25) is 0 Å². The Bertz CT molecular complexity index is 1270. The van der Waals surface area contributed by atoms with Gasteiger partial charge in [0.25, 0.3) is 0 Å². The van der Waals surface area contributed by atoms with Crippen LogP contribution in [0.4, 0.5) is 0 Å². The van der Waals surface area contributed by atoms with Crippen LogP contribution >= 0.6 is 0 Å². The second-order valence-electron chi connectivity index (χ2n) is 6.78. The number of benzene rings is 3. The van der Waals surface area contributed by atoms with Gasteiger partial charge in [-0.15, -0.1) is 0 Å². The summed E-state index contributed by atoms with van der Waals surface area (Å²) in [5, 5.41) is 2.57. The quantitative estimate of drug-likeness (QED) is 0.289. The van der Waals surface area contributed by atoms with Crippen LogP contribution in [0.3, 0.4) is 0 Å². The predicted molar refractivity (Wildman–Crippen MR) is 114 cm³/mol. The molecular weight excluding hydrogens is 525 g/mol. The molecule has 5 aromatic rings. The number of hydrogen-bond donors (Lipinski definition) is 0. The van der Waals surface area contributed by atoms with Gasteiger partial charge in [0.05, 0.1) is 0 Å². The molecule has 0 atom stereocenters. The number of hydrogen-bond acceptors (Lipinski definition) is 1. The topological polar surface area (TPSA) is 17.8 Å². The van der Waals surface area contributed by atoms with Crippen molar-refractivity contribution >= 4 is 49.9 Å². The molecule has 0 N–H and O–H groups in total. The van der Waals surface area contributed by atoms with Crippen LogP contribution in [-0.4, -0.2) is 34.3 Å². The first-order chi connectivity index (χ1) is 13.2. The Hall–Kier alpha value is -2.51. The van der Waals surface area contributed by atoms with Crippen LogP contribution in [0.5, 0.6) is 0 Å². The average Bonchev–Trinajstić information content (AvgIpc) is 3.01. The van der Waals surface area contributed by atoms with E-state index in [0.717, 1.165) is 9.10 Å². The van der Waals surface area contributed by atoms with Gasteiger partial charge in [0.1, 0.15) is 0 Å². The van der Waals surface area contributed by atoms with Crippen molar-refractivity contribution in [1.82, 2.24) is 9.55 Å². The van der Waals surface area contributed by atoms with E-state index in [1.807, 2.05) is 0 Å². The Balaban J connectivity index is 1.83. The molecule has 27 heavy (non-hydrogen) atoms. The van der Waals surface area contributed by atoms with Crippen LogP contribution < -0.4 is 3.40 Å². The van der Waals surface area contributed by atoms with Crippen molar-refractivity contribution in [2.24, 2.45) is 0 Å². The predicted octanol–water partition coefficient (Wildman–Crippen LogP) is 4.95. The Morgan fingerprint density at radius 1 is 0.704 bits per heavy atom. The fourth-order valence-electron chi connectivity index (χ4n) is 3.83. The van der Waals surface area contributed by atoms with E-state index >= 15 is 0 Å². The van der Waals surface area contributed by atoms with Crippen LogP contribution in [0.15, 0.2) is 84.9 Å². The van der Waals surface area contributed by atoms with Crippen molar-refractivity contribution in [3.8, 4) is 16.8 Å². The number of para-hydroxylation sites is 2. The monoisotopic (exact) mass is 542 g/mol. The third kappa shape index (κ3) is 2.87. The Morgan fingerprint density at radius 3 is 2.26 bits per heavy atom. The number of aryl methyl sites for hydroxylation is 1. The Kier molecular flexibility index (Phi) is 4.06. The zero-order chi connectivity index (χ0) is 18.4. The molecule has 2 nitrogen and oxygen atoms in total. The molecule has 128 valence electrons. The van der Waals surface area contributed by atoms with Gasteiger partial charge in [-0.2, -0.15) is 0 Å². The van der Waals surface area contributed by atoms with Crippen LogP contribution in [0, 0.1) is 6.92 Å². The Morgan fingerprint density at radius 2 is 1.44 bits per heavy atom. The van der Waals surface area contributed by atoms with Crippen LogP contribution in [-0.2, 0) is 0 Å². The number of rotatable bonds is 2. The molecular formula is C24H17BiN2. The molecule has 0 bridgehead atoms. The zero-order valence-corrected chi connectivity index (χ0v) is 18.4. The van der Waals surface area contributed by atoms with Gasteiger partial charge in [0.2, 0.25) is 0 Å². The summed E-state index contributed by atoms with van der Waals surface area (Å²) in [6.45, 7) is 2.07. The maximum absolute atomic E-state index is 4.56. The summed E-state index contributed by atoms with van der Waals surface area (Å²) < 4.78 is 3.51. The molecule has 3 heteroatoms. The van der Waals surface area contributed by atoms with Crippen LogP contribution in [0.25, 0.3) is 38.6 Å². The van der Waals surface area contributed by atoms with Gasteiger partial charge in [-0.25, -0.2) is 0 Å². The van der Waals surface area contributed by atoms with Gasteiger partial charge in [-0.05, 0) is 0 Å². The molecule has 3 aromatic carbocycles. The van der Waals surface area contributed by atoms with E-state index in [9.17, 15) is 0 Å². The summed E-state index contributed by atoms with van der Waals surface area (Å²) in [5.41, 5.74) is 7.24. The minimum atomic E-state index is 1.08. The van der Waals surface area contributed by atoms with Crippen molar-refractivity contribution in [3.63, 3.8) is 0 Å². The third-order valence-corrected chi connectivity index (χ3v) is 5.85. The van der Waals surface area contributed by atoms with Gasteiger partial charge in [-0.3, -0.25) is 0 Å². The molecule has 0 fully saturated rings. The van der Waals surface area contributed by atoms with Crippen LogP contribution in [0.1, 0.15) is 5.69 Å². The van der Waals surface area contributed by atoms with Crippen molar-refractivity contribution < 1.29 is 0 Å². The summed E-state index contributed by atoms with van der Waals surface area (Å²) in [6.07, 6.45) is 0. The molecule has 2 aromatic heterocycles. The Labute approximate surface area is 173 Å². The summed E-state index contributed by atoms with van der Waals surface area (Å²) >= 11 is 1.18. The van der Waals surface area contributed by atoms with E-state index < -0.39 is 0 Å². The molecule has 0 saturated carbocycles. The van der Waals surface area contributed by atoms with Gasteiger partial charge in [0.15, 0.2) is 0 Å². The zero-order valence-electron chi connectivity index (χ0n) is 14.9. The molecule has 2 heterocycles. The fraction of sp³-hybridized carbons (Fsp3) is 0.0417. The number of nitrogens with zero attached hydrogens (tertiary/aromatic N) is 2. The van der Waals surface area contributed by atoms with E-state index in [4.69, 9.17) is 0 Å². The van der Waals surface area contributed by atoms with Gasteiger partial charge < -0.3 is 0 Å². The molecule has 0 aliphatic rings. The molecule has 0 amide bonds. The van der Waals surface area contributed by atoms with E-state index in [1.54, 1.807) is 0 Å². The first-order valence-corrected chi connectivity index (χ1v) is 10.7. The second kappa shape index (κ2) is 6.58. The first-order valence-electron chi connectivity index (χ1n) is 8.97. The normalized spacial score (nSPS) is 11.3. The van der Waals surface area contributed by atoms with Crippen molar-refractivity contribution in [1.29, 1.82) is 0 Å². The number of aromatic nitrogens is 2. The maximum atomic E-state index is 4.56. The standard InChI is InChI=1S/C24H17N2.Bi/c1-17-15-19(13-14-25-17)18-11-12-24-22(16-18)21-9-5-6-10-23(21)26(24)20-7-3-2-4-8-20;/h2-13,15-16H,1H3;. The average molecular weight is 542 g/mol. The van der Waals surface area contributed by atoms with Crippen molar-refractivity contribution in [3.05, 3.63) is 90.6 Å². The third-order valence-electron chi connectivity index (χ3n) is 4.96. The van der Waals surface area contributed by atoms with Gasteiger partial charge in [0, 0.05) is 0 Å². The fourth-order valence-corrected chi connectivity index (χ4v) is 4.98. The van der Waals surface area contributed by atoms with E-state index in [-0.39, 0.29) is 0 Å². The number of pyridine rings is 1. The number of fused-ring (bicyclic) bond motifs is 3. The molecule has 0 aliphatic carbocycles. The summed E-state index contributed by atoms with van der Waals surface area (Å²) in [4.78, 5) is 4.56. The van der Waals surface area contributed by atoms with Crippen molar-refractivity contribution in [2.45, 2.75) is 6.92 Å². The summed E-state index contributed by atoms with van der Waals surface area (Å²) in [6, 6.07) is 30.4. The summed E-state index contributed by atoms with van der Waals surface area (Å²) in [7, 11) is 0.